The summed E-state index contributed by atoms with van der Waals surface area (Å²) in [6.07, 6.45) is 4.68. The third-order valence-corrected chi connectivity index (χ3v) is 3.40. The number of amides is 1. The molecule has 1 fully saturated rings. The summed E-state index contributed by atoms with van der Waals surface area (Å²) in [5, 5.41) is 8.62. The molecule has 1 N–H and O–H groups in total. The minimum absolute atomic E-state index is 0.0870. The molecule has 1 heterocycles. The molecule has 1 amide bonds. The van der Waals surface area contributed by atoms with Gasteiger partial charge < -0.3 is 14.7 Å². The number of carbonyl (C=O) groups excluding carboxylic acids is 1. The van der Waals surface area contributed by atoms with Gasteiger partial charge in [-0.2, -0.15) is 0 Å². The Labute approximate surface area is 123 Å². The van der Waals surface area contributed by atoms with Crippen LogP contribution >= 0.6 is 0 Å². The van der Waals surface area contributed by atoms with Gasteiger partial charge in [-0.05, 0) is 36.6 Å². The Hall–Kier alpha value is -2.14. The zero-order valence-corrected chi connectivity index (χ0v) is 12.0. The number of carboxylic acid groups (broad SMARTS) is 1. The maximum atomic E-state index is 12.4. The summed E-state index contributed by atoms with van der Waals surface area (Å²) in [7, 11) is 1.75. The van der Waals surface area contributed by atoms with Crippen LogP contribution in [0, 0.1) is 0 Å². The molecule has 1 aliphatic heterocycles. The number of hydrogen-bond acceptors (Lipinski definition) is 3. The van der Waals surface area contributed by atoms with Crippen molar-refractivity contribution in [3.05, 3.63) is 41.5 Å². The first-order valence-corrected chi connectivity index (χ1v) is 6.94. The van der Waals surface area contributed by atoms with E-state index in [1.165, 1.54) is 6.08 Å². The van der Waals surface area contributed by atoms with Crippen LogP contribution in [0.15, 0.2) is 30.3 Å². The lowest BCUT2D eigenvalue weighted by molar-refractivity contribution is -0.131. The molecule has 0 spiro atoms. The van der Waals surface area contributed by atoms with Crippen molar-refractivity contribution in [2.45, 2.75) is 18.9 Å². The molecule has 0 radical (unpaired) electrons. The highest BCUT2D eigenvalue weighted by molar-refractivity contribution is 5.95. The molecule has 0 aromatic heterocycles. The van der Waals surface area contributed by atoms with Crippen LogP contribution < -0.4 is 0 Å². The first kappa shape index (κ1) is 15.3. The monoisotopic (exact) mass is 289 g/mol. The number of likely N-dealkylation sites (N-methyl/N-ethyl adjacent to an activating group) is 1. The topological polar surface area (TPSA) is 66.8 Å². The Bertz CT molecular complexity index is 547. The van der Waals surface area contributed by atoms with E-state index in [-0.39, 0.29) is 12.0 Å². The lowest BCUT2D eigenvalue weighted by Gasteiger charge is -2.21. The molecule has 112 valence electrons. The molecule has 0 bridgehead atoms. The molecule has 1 atom stereocenters. The molecular weight excluding hydrogens is 270 g/mol. The molecule has 5 nitrogen and oxygen atoms in total. The fourth-order valence-corrected chi connectivity index (χ4v) is 2.34. The SMILES string of the molecule is CN(CC1CCCO1)C(=O)c1cccc(C=CC(=O)O)c1. The average Bonchev–Trinajstić information content (AvgIpc) is 2.97. The second-order valence-corrected chi connectivity index (χ2v) is 5.12. The molecule has 0 aliphatic carbocycles. The predicted octanol–water partition coefficient (Wildman–Crippen LogP) is 2.04. The normalized spacial score (nSPS) is 18.0. The molecule has 0 saturated carbocycles. The van der Waals surface area contributed by atoms with Crippen LogP contribution in [0.5, 0.6) is 0 Å². The van der Waals surface area contributed by atoms with Gasteiger partial charge in [-0.15, -0.1) is 0 Å². The van der Waals surface area contributed by atoms with E-state index in [9.17, 15) is 9.59 Å². The summed E-state index contributed by atoms with van der Waals surface area (Å²) >= 11 is 0. The number of benzene rings is 1. The summed E-state index contributed by atoms with van der Waals surface area (Å²) in [6.45, 7) is 1.34. The molecule has 21 heavy (non-hydrogen) atoms. The van der Waals surface area contributed by atoms with Crippen LogP contribution in [0.4, 0.5) is 0 Å². The zero-order valence-electron chi connectivity index (χ0n) is 12.0. The minimum Gasteiger partial charge on any atom is -0.478 e. The molecule has 1 aromatic rings. The predicted molar refractivity (Wildman–Crippen MR) is 79.0 cm³/mol. The van der Waals surface area contributed by atoms with Crippen molar-refractivity contribution in [1.29, 1.82) is 0 Å². The zero-order chi connectivity index (χ0) is 15.2. The van der Waals surface area contributed by atoms with E-state index in [4.69, 9.17) is 9.84 Å². The fraction of sp³-hybridized carbons (Fsp3) is 0.375. The van der Waals surface area contributed by atoms with Crippen molar-refractivity contribution in [1.82, 2.24) is 4.90 Å². The van der Waals surface area contributed by atoms with E-state index in [1.54, 1.807) is 36.2 Å². The lowest BCUT2D eigenvalue weighted by atomic mass is 10.1. The number of rotatable bonds is 5. The number of aliphatic carboxylic acids is 1. The van der Waals surface area contributed by atoms with Crippen LogP contribution in [-0.4, -0.2) is 48.2 Å². The quantitative estimate of drug-likeness (QED) is 0.842. The van der Waals surface area contributed by atoms with E-state index >= 15 is 0 Å². The van der Waals surface area contributed by atoms with E-state index in [1.807, 2.05) is 0 Å². The number of nitrogens with zero attached hydrogens (tertiary/aromatic N) is 1. The second kappa shape index (κ2) is 7.04. The van der Waals surface area contributed by atoms with Gasteiger partial charge in [-0.3, -0.25) is 4.79 Å². The van der Waals surface area contributed by atoms with E-state index in [0.717, 1.165) is 25.5 Å². The maximum absolute atomic E-state index is 12.4. The van der Waals surface area contributed by atoms with Gasteiger partial charge in [0.15, 0.2) is 0 Å². The summed E-state index contributed by atoms with van der Waals surface area (Å²) in [5.41, 5.74) is 1.23. The minimum atomic E-state index is -1.01. The number of ether oxygens (including phenoxy) is 1. The van der Waals surface area contributed by atoms with E-state index in [0.29, 0.717) is 17.7 Å². The summed E-state index contributed by atoms with van der Waals surface area (Å²) < 4.78 is 5.53. The van der Waals surface area contributed by atoms with Crippen LogP contribution in [0.3, 0.4) is 0 Å². The van der Waals surface area contributed by atoms with Gasteiger partial charge >= 0.3 is 5.97 Å². The van der Waals surface area contributed by atoms with Gasteiger partial charge in [-0.25, -0.2) is 4.79 Å². The second-order valence-electron chi connectivity index (χ2n) is 5.12. The third-order valence-electron chi connectivity index (χ3n) is 3.40. The van der Waals surface area contributed by atoms with Crippen molar-refractivity contribution >= 4 is 18.0 Å². The first-order chi connectivity index (χ1) is 10.1. The Balaban J connectivity index is 2.04. The largest absolute Gasteiger partial charge is 0.478 e. The van der Waals surface area contributed by atoms with Gasteiger partial charge in [-0.1, -0.05) is 12.1 Å². The van der Waals surface area contributed by atoms with E-state index in [2.05, 4.69) is 0 Å². The van der Waals surface area contributed by atoms with E-state index < -0.39 is 5.97 Å². The van der Waals surface area contributed by atoms with Crippen LogP contribution in [0.1, 0.15) is 28.8 Å². The summed E-state index contributed by atoms with van der Waals surface area (Å²) in [6, 6.07) is 6.92. The molecule has 1 unspecified atom stereocenters. The van der Waals surface area contributed by atoms with Crippen LogP contribution in [0.25, 0.3) is 6.08 Å². The molecule has 1 aromatic carbocycles. The highest BCUT2D eigenvalue weighted by atomic mass is 16.5. The van der Waals surface area contributed by atoms with Crippen molar-refractivity contribution < 1.29 is 19.4 Å². The fourth-order valence-electron chi connectivity index (χ4n) is 2.34. The molecular formula is C16H19NO4. The molecule has 2 rings (SSSR count). The van der Waals surface area contributed by atoms with Crippen molar-refractivity contribution in [3.8, 4) is 0 Å². The van der Waals surface area contributed by atoms with Gasteiger partial charge in [0.05, 0.1) is 6.10 Å². The summed E-state index contributed by atoms with van der Waals surface area (Å²) in [5.74, 6) is -1.10. The first-order valence-electron chi connectivity index (χ1n) is 6.94. The lowest BCUT2D eigenvalue weighted by Crippen LogP contribution is -2.34. The Morgan fingerprint density at radius 3 is 2.95 bits per heavy atom. The Kier molecular flexibility index (Phi) is 5.11. The van der Waals surface area contributed by atoms with Crippen molar-refractivity contribution in [2.75, 3.05) is 20.2 Å². The number of carbonyl (C=O) groups is 2. The standard InChI is InChI=1S/C16H19NO4/c1-17(11-14-6-3-9-21-14)16(20)13-5-2-4-12(10-13)7-8-15(18)19/h2,4-5,7-8,10,14H,3,6,9,11H2,1H3,(H,18,19). The average molecular weight is 289 g/mol. The summed E-state index contributed by atoms with van der Waals surface area (Å²) in [4.78, 5) is 24.5. The Morgan fingerprint density at radius 2 is 2.29 bits per heavy atom. The molecule has 5 heteroatoms. The van der Waals surface area contributed by atoms with Crippen LogP contribution in [0.2, 0.25) is 0 Å². The highest BCUT2D eigenvalue weighted by Crippen LogP contribution is 2.15. The maximum Gasteiger partial charge on any atom is 0.328 e. The van der Waals surface area contributed by atoms with Crippen molar-refractivity contribution in [2.24, 2.45) is 0 Å². The third kappa shape index (κ3) is 4.43. The molecule has 1 aliphatic rings. The van der Waals surface area contributed by atoms with Gasteiger partial charge in [0, 0.05) is 31.8 Å². The van der Waals surface area contributed by atoms with Crippen molar-refractivity contribution in [3.63, 3.8) is 0 Å². The molecule has 1 saturated heterocycles. The Morgan fingerprint density at radius 1 is 1.48 bits per heavy atom. The van der Waals surface area contributed by atoms with Gasteiger partial charge in [0.2, 0.25) is 0 Å². The number of hydrogen-bond donors (Lipinski definition) is 1. The van der Waals surface area contributed by atoms with Gasteiger partial charge in [0.1, 0.15) is 0 Å². The van der Waals surface area contributed by atoms with Crippen LogP contribution in [-0.2, 0) is 9.53 Å². The smallest absolute Gasteiger partial charge is 0.328 e. The number of carboxylic acids is 1. The van der Waals surface area contributed by atoms with Gasteiger partial charge in [0.25, 0.3) is 5.91 Å². The highest BCUT2D eigenvalue weighted by Gasteiger charge is 2.20.